The van der Waals surface area contributed by atoms with Crippen molar-refractivity contribution in [1.82, 2.24) is 0 Å². The fourth-order valence-corrected chi connectivity index (χ4v) is 2.87. The summed E-state index contributed by atoms with van der Waals surface area (Å²) in [6, 6.07) is 12.1. The van der Waals surface area contributed by atoms with E-state index in [2.05, 4.69) is 30.5 Å². The van der Waals surface area contributed by atoms with Gasteiger partial charge in [0.05, 0.1) is 6.61 Å². The van der Waals surface area contributed by atoms with Gasteiger partial charge >= 0.3 is 5.97 Å². The second kappa shape index (κ2) is 6.07. The minimum absolute atomic E-state index is 0.241. The number of carbonyl (C=O) groups excluding carboxylic acids is 1. The summed E-state index contributed by atoms with van der Waals surface area (Å²) in [5.74, 6) is -0.241. The van der Waals surface area contributed by atoms with E-state index in [1.54, 1.807) is 11.8 Å². The first-order valence-electron chi connectivity index (χ1n) is 5.66. The van der Waals surface area contributed by atoms with E-state index in [0.717, 1.165) is 10.4 Å². The number of hydrogen-bond donors (Lipinski definition) is 0. The third-order valence-electron chi connectivity index (χ3n) is 2.46. The van der Waals surface area contributed by atoms with Crippen LogP contribution in [0.3, 0.4) is 0 Å². The molecule has 0 amide bonds. The minimum atomic E-state index is -0.241. The van der Waals surface area contributed by atoms with Crippen molar-refractivity contribution >= 4 is 29.1 Å². The topological polar surface area (TPSA) is 26.3 Å². The summed E-state index contributed by atoms with van der Waals surface area (Å²) >= 11 is 3.18. The quantitative estimate of drug-likeness (QED) is 0.615. The van der Waals surface area contributed by atoms with Crippen LogP contribution in [0.4, 0.5) is 0 Å². The van der Waals surface area contributed by atoms with Crippen molar-refractivity contribution in [2.75, 3.05) is 12.9 Å². The third-order valence-corrected chi connectivity index (χ3v) is 4.32. The molecule has 0 spiro atoms. The molecule has 0 aliphatic heterocycles. The number of hydrogen-bond acceptors (Lipinski definition) is 4. The van der Waals surface area contributed by atoms with Crippen molar-refractivity contribution in [1.29, 1.82) is 0 Å². The number of rotatable bonds is 4. The maximum Gasteiger partial charge on any atom is 0.348 e. The van der Waals surface area contributed by atoms with Crippen LogP contribution in [0.2, 0.25) is 0 Å². The molecule has 2 nitrogen and oxygen atoms in total. The summed E-state index contributed by atoms with van der Waals surface area (Å²) in [5, 5.41) is 0. The van der Waals surface area contributed by atoms with Gasteiger partial charge in [-0.05, 0) is 43.0 Å². The fourth-order valence-electron chi connectivity index (χ4n) is 1.56. The molecule has 4 heteroatoms. The Morgan fingerprint density at radius 2 is 1.94 bits per heavy atom. The predicted molar refractivity (Wildman–Crippen MR) is 77.5 cm³/mol. The lowest BCUT2D eigenvalue weighted by molar-refractivity contribution is 0.0532. The van der Waals surface area contributed by atoms with Crippen LogP contribution in [-0.4, -0.2) is 18.8 Å². The van der Waals surface area contributed by atoms with Crippen LogP contribution >= 0.6 is 23.1 Å². The van der Waals surface area contributed by atoms with E-state index < -0.39 is 0 Å². The second-order valence-corrected chi connectivity index (χ2v) is 5.58. The monoisotopic (exact) mass is 278 g/mol. The Kier molecular flexibility index (Phi) is 4.44. The Morgan fingerprint density at radius 3 is 2.56 bits per heavy atom. The van der Waals surface area contributed by atoms with Crippen molar-refractivity contribution in [3.05, 3.63) is 41.3 Å². The number of carbonyl (C=O) groups is 1. The van der Waals surface area contributed by atoms with Gasteiger partial charge in [0.2, 0.25) is 0 Å². The highest BCUT2D eigenvalue weighted by molar-refractivity contribution is 7.98. The molecule has 0 saturated heterocycles. The van der Waals surface area contributed by atoms with Crippen molar-refractivity contribution in [3.63, 3.8) is 0 Å². The zero-order valence-corrected chi connectivity index (χ0v) is 11.9. The highest BCUT2D eigenvalue weighted by Gasteiger charge is 2.10. The number of thiophene rings is 1. The van der Waals surface area contributed by atoms with Gasteiger partial charge in [-0.3, -0.25) is 0 Å². The zero-order chi connectivity index (χ0) is 13.0. The molecule has 0 aliphatic carbocycles. The first-order valence-corrected chi connectivity index (χ1v) is 7.70. The molecule has 1 aromatic heterocycles. The van der Waals surface area contributed by atoms with E-state index >= 15 is 0 Å². The second-order valence-electron chi connectivity index (χ2n) is 3.61. The maximum atomic E-state index is 11.6. The molecule has 0 fully saturated rings. The van der Waals surface area contributed by atoms with Gasteiger partial charge in [0, 0.05) is 9.77 Å². The molecule has 0 bridgehead atoms. The molecule has 94 valence electrons. The molecule has 0 atom stereocenters. The zero-order valence-electron chi connectivity index (χ0n) is 10.3. The van der Waals surface area contributed by atoms with Crippen molar-refractivity contribution in [2.24, 2.45) is 0 Å². The van der Waals surface area contributed by atoms with Crippen LogP contribution in [0.1, 0.15) is 16.6 Å². The van der Waals surface area contributed by atoms with E-state index in [9.17, 15) is 4.79 Å². The van der Waals surface area contributed by atoms with Crippen LogP contribution in [0.5, 0.6) is 0 Å². The van der Waals surface area contributed by atoms with Gasteiger partial charge in [-0.1, -0.05) is 12.1 Å². The Hall–Kier alpha value is -1.26. The first-order chi connectivity index (χ1) is 8.74. The summed E-state index contributed by atoms with van der Waals surface area (Å²) in [4.78, 5) is 14.6. The highest BCUT2D eigenvalue weighted by Crippen LogP contribution is 2.29. The lowest BCUT2D eigenvalue weighted by atomic mass is 10.2. The Labute approximate surface area is 115 Å². The number of thioether (sulfide) groups is 1. The van der Waals surface area contributed by atoms with E-state index in [4.69, 9.17) is 4.74 Å². The first kappa shape index (κ1) is 13.2. The highest BCUT2D eigenvalue weighted by atomic mass is 32.2. The lowest BCUT2D eigenvalue weighted by Crippen LogP contribution is -2.01. The molecule has 1 heterocycles. The smallest absolute Gasteiger partial charge is 0.348 e. The van der Waals surface area contributed by atoms with E-state index in [0.29, 0.717) is 11.5 Å². The molecule has 2 rings (SSSR count). The van der Waals surface area contributed by atoms with Gasteiger partial charge < -0.3 is 4.74 Å². The summed E-state index contributed by atoms with van der Waals surface area (Å²) in [7, 11) is 0. The number of esters is 1. The van der Waals surface area contributed by atoms with Crippen molar-refractivity contribution < 1.29 is 9.53 Å². The summed E-state index contributed by atoms with van der Waals surface area (Å²) in [6.45, 7) is 2.22. The number of benzene rings is 1. The van der Waals surface area contributed by atoms with Gasteiger partial charge in [0.1, 0.15) is 4.88 Å². The van der Waals surface area contributed by atoms with Gasteiger partial charge in [0.15, 0.2) is 0 Å². The van der Waals surface area contributed by atoms with E-state index in [-0.39, 0.29) is 5.97 Å². The Balaban J connectivity index is 2.20. The van der Waals surface area contributed by atoms with Crippen LogP contribution < -0.4 is 0 Å². The van der Waals surface area contributed by atoms with Crippen LogP contribution in [0.25, 0.3) is 10.4 Å². The molecule has 18 heavy (non-hydrogen) atoms. The van der Waals surface area contributed by atoms with E-state index in [1.807, 2.05) is 19.1 Å². The van der Waals surface area contributed by atoms with Crippen molar-refractivity contribution in [3.8, 4) is 10.4 Å². The van der Waals surface area contributed by atoms with Gasteiger partial charge in [-0.15, -0.1) is 23.1 Å². The van der Waals surface area contributed by atoms with Gasteiger partial charge in [0.25, 0.3) is 0 Å². The molecule has 2 aromatic rings. The van der Waals surface area contributed by atoms with Crippen LogP contribution in [0.15, 0.2) is 41.3 Å². The molecule has 1 aromatic carbocycles. The van der Waals surface area contributed by atoms with Gasteiger partial charge in [-0.25, -0.2) is 4.79 Å². The van der Waals surface area contributed by atoms with Crippen LogP contribution in [0, 0.1) is 0 Å². The lowest BCUT2D eigenvalue weighted by Gasteiger charge is -1.99. The summed E-state index contributed by atoms with van der Waals surface area (Å²) < 4.78 is 4.98. The average molecular weight is 278 g/mol. The minimum Gasteiger partial charge on any atom is -0.462 e. The molecule has 0 aliphatic rings. The van der Waals surface area contributed by atoms with Crippen LogP contribution in [-0.2, 0) is 4.74 Å². The summed E-state index contributed by atoms with van der Waals surface area (Å²) in [6.07, 6.45) is 2.05. The molecular weight excluding hydrogens is 264 g/mol. The molecular formula is C14H14O2S2. The summed E-state index contributed by atoms with van der Waals surface area (Å²) in [5.41, 5.74) is 1.13. The molecule has 0 unspecified atom stereocenters. The molecule has 0 saturated carbocycles. The molecule has 0 radical (unpaired) electrons. The van der Waals surface area contributed by atoms with E-state index in [1.165, 1.54) is 16.2 Å². The molecule has 0 N–H and O–H groups in total. The average Bonchev–Trinajstić information content (AvgIpc) is 2.89. The Bertz CT molecular complexity index is 529. The maximum absolute atomic E-state index is 11.6. The standard InChI is InChI=1S/C14H14O2S2/c1-3-16-14(15)13-9-8-12(18-13)10-4-6-11(17-2)7-5-10/h4-9H,3H2,1-2H3. The largest absolute Gasteiger partial charge is 0.462 e. The number of ether oxygens (including phenoxy) is 1. The fraction of sp³-hybridized carbons (Fsp3) is 0.214. The third kappa shape index (κ3) is 2.94. The SMILES string of the molecule is CCOC(=O)c1ccc(-c2ccc(SC)cc2)s1. The van der Waals surface area contributed by atoms with Gasteiger partial charge in [-0.2, -0.15) is 0 Å². The van der Waals surface area contributed by atoms with Crippen molar-refractivity contribution in [2.45, 2.75) is 11.8 Å². The normalized spacial score (nSPS) is 10.3. The Morgan fingerprint density at radius 1 is 1.22 bits per heavy atom. The predicted octanol–water partition coefficient (Wildman–Crippen LogP) is 4.31.